The Morgan fingerprint density at radius 2 is 2.10 bits per heavy atom. The van der Waals surface area contributed by atoms with Gasteiger partial charge in [-0.05, 0) is 46.5 Å². The van der Waals surface area contributed by atoms with Crippen LogP contribution in [0.4, 0.5) is 11.5 Å². The van der Waals surface area contributed by atoms with Crippen molar-refractivity contribution >= 4 is 49.2 Å². The molecular weight excluding hydrogens is 376 g/mol. The molecule has 0 amide bonds. The Morgan fingerprint density at radius 3 is 2.76 bits per heavy atom. The topological polar surface area (TPSA) is 97.1 Å². The molecule has 0 spiro atoms. The summed E-state index contributed by atoms with van der Waals surface area (Å²) in [5, 5.41) is 0. The quantitative estimate of drug-likeness (QED) is 0.413. The van der Waals surface area contributed by atoms with Gasteiger partial charge in [-0.25, -0.2) is 19.2 Å². The maximum atomic E-state index is 12.5. The molecule has 0 radical (unpaired) electrons. The van der Waals surface area contributed by atoms with E-state index in [2.05, 4.69) is 31.1 Å². The third kappa shape index (κ3) is 3.88. The molecule has 0 saturated carbocycles. The third-order valence-electron chi connectivity index (χ3n) is 2.57. The molecule has 1 aromatic heterocycles. The fraction of sp³-hybridized carbons (Fsp3) is 0.0833. The molecule has 0 aliphatic carbocycles. The number of thioether (sulfide) groups is 1. The molecule has 1 aromatic carbocycles. The van der Waals surface area contributed by atoms with E-state index in [9.17, 15) is 8.42 Å². The van der Waals surface area contributed by atoms with Crippen LogP contribution in [0.3, 0.4) is 0 Å². The zero-order chi connectivity index (χ0) is 15.5. The number of aromatic nitrogens is 1. The Hall–Kier alpha value is -1.29. The van der Waals surface area contributed by atoms with Crippen molar-refractivity contribution in [3.8, 4) is 0 Å². The lowest BCUT2D eigenvalue weighted by atomic mass is 10.3. The van der Waals surface area contributed by atoms with Crippen molar-refractivity contribution in [1.29, 1.82) is 0 Å². The number of nitrogens with two attached hydrogens (primary N) is 1. The van der Waals surface area contributed by atoms with Gasteiger partial charge in [0.2, 0.25) is 0 Å². The first-order chi connectivity index (χ1) is 9.96. The second-order valence-electron chi connectivity index (χ2n) is 3.98. The molecule has 2 rings (SSSR count). The van der Waals surface area contributed by atoms with Crippen LogP contribution in [-0.4, -0.2) is 19.7 Å². The van der Waals surface area contributed by atoms with E-state index in [0.29, 0.717) is 10.2 Å². The van der Waals surface area contributed by atoms with Crippen molar-refractivity contribution in [3.63, 3.8) is 0 Å². The molecule has 1 heterocycles. The highest BCUT2D eigenvalue weighted by Crippen LogP contribution is 2.26. The van der Waals surface area contributed by atoms with Gasteiger partial charge in [-0.15, -0.1) is 11.8 Å². The highest BCUT2D eigenvalue weighted by atomic mass is 79.9. The van der Waals surface area contributed by atoms with Gasteiger partial charge in [-0.1, -0.05) is 6.07 Å². The van der Waals surface area contributed by atoms with Crippen LogP contribution in [-0.2, 0) is 10.0 Å². The number of benzene rings is 1. The van der Waals surface area contributed by atoms with Crippen LogP contribution in [0.2, 0.25) is 0 Å². The molecule has 0 fully saturated rings. The fourth-order valence-corrected chi connectivity index (χ4v) is 3.77. The van der Waals surface area contributed by atoms with Crippen molar-refractivity contribution in [2.75, 3.05) is 16.4 Å². The Bertz CT molecular complexity index is 753. The molecule has 0 saturated heterocycles. The molecule has 2 aromatic rings. The summed E-state index contributed by atoms with van der Waals surface area (Å²) in [5.74, 6) is 5.39. The summed E-state index contributed by atoms with van der Waals surface area (Å²) in [5.41, 5.74) is 2.76. The number of anilines is 2. The number of nitrogens with one attached hydrogen (secondary N) is 2. The van der Waals surface area contributed by atoms with Gasteiger partial charge in [0.1, 0.15) is 4.90 Å². The highest BCUT2D eigenvalue weighted by Gasteiger charge is 2.20. The lowest BCUT2D eigenvalue weighted by Gasteiger charge is -2.12. The van der Waals surface area contributed by atoms with E-state index in [1.165, 1.54) is 24.0 Å². The Kier molecular flexibility index (Phi) is 5.09. The maximum Gasteiger partial charge on any atom is 0.265 e. The minimum Gasteiger partial charge on any atom is -0.307 e. The number of rotatable bonds is 5. The number of sulfonamides is 1. The lowest BCUT2D eigenvalue weighted by Crippen LogP contribution is -2.18. The van der Waals surface area contributed by atoms with Gasteiger partial charge in [0, 0.05) is 21.3 Å². The van der Waals surface area contributed by atoms with E-state index >= 15 is 0 Å². The largest absolute Gasteiger partial charge is 0.307 e. The number of hydrazine groups is 1. The molecule has 112 valence electrons. The van der Waals surface area contributed by atoms with Crippen molar-refractivity contribution in [1.82, 2.24) is 4.98 Å². The monoisotopic (exact) mass is 388 g/mol. The van der Waals surface area contributed by atoms with Gasteiger partial charge in [-0.3, -0.25) is 4.72 Å². The Labute approximate surface area is 135 Å². The van der Waals surface area contributed by atoms with Gasteiger partial charge in [0.05, 0.1) is 0 Å². The van der Waals surface area contributed by atoms with Crippen LogP contribution in [0.1, 0.15) is 0 Å². The molecule has 6 nitrogen and oxygen atoms in total. The van der Waals surface area contributed by atoms with Gasteiger partial charge < -0.3 is 5.43 Å². The molecule has 0 atom stereocenters. The van der Waals surface area contributed by atoms with Gasteiger partial charge >= 0.3 is 0 Å². The van der Waals surface area contributed by atoms with Crippen LogP contribution in [0.15, 0.2) is 50.8 Å². The van der Waals surface area contributed by atoms with Gasteiger partial charge in [0.25, 0.3) is 10.0 Å². The zero-order valence-corrected chi connectivity index (χ0v) is 14.2. The standard InChI is InChI=1S/C12H13BrN4O2S2/c1-20-10-4-2-3-9(6-10)17-21(18,19)11-5-8(13)7-15-12(11)16-14/h2-7,17H,14H2,1H3,(H,15,16). The van der Waals surface area contributed by atoms with Crippen LogP contribution in [0.25, 0.3) is 0 Å². The predicted molar refractivity (Wildman–Crippen MR) is 88.8 cm³/mol. The van der Waals surface area contributed by atoms with Crippen molar-refractivity contribution < 1.29 is 8.42 Å². The van der Waals surface area contributed by atoms with Crippen molar-refractivity contribution in [2.24, 2.45) is 5.84 Å². The van der Waals surface area contributed by atoms with Gasteiger partial charge in [0.15, 0.2) is 5.82 Å². The van der Waals surface area contributed by atoms with E-state index in [1.54, 1.807) is 18.2 Å². The van der Waals surface area contributed by atoms with E-state index < -0.39 is 10.0 Å². The zero-order valence-electron chi connectivity index (χ0n) is 11.0. The Morgan fingerprint density at radius 1 is 1.33 bits per heavy atom. The van der Waals surface area contributed by atoms with Crippen molar-refractivity contribution in [2.45, 2.75) is 9.79 Å². The van der Waals surface area contributed by atoms with Gasteiger partial charge in [-0.2, -0.15) is 0 Å². The number of halogens is 1. The summed E-state index contributed by atoms with van der Waals surface area (Å²) in [7, 11) is -3.80. The lowest BCUT2D eigenvalue weighted by molar-refractivity contribution is 0.601. The molecule has 4 N–H and O–H groups in total. The molecule has 0 aliphatic heterocycles. The fourth-order valence-electron chi connectivity index (χ4n) is 1.63. The number of nitrogen functional groups attached to an aromatic ring is 1. The number of pyridine rings is 1. The minimum atomic E-state index is -3.80. The van der Waals surface area contributed by atoms with Crippen LogP contribution < -0.4 is 16.0 Å². The SMILES string of the molecule is CSc1cccc(NS(=O)(=O)c2cc(Br)cnc2NN)c1. The second kappa shape index (κ2) is 6.65. The summed E-state index contributed by atoms with van der Waals surface area (Å²) in [4.78, 5) is 4.86. The average molecular weight is 389 g/mol. The summed E-state index contributed by atoms with van der Waals surface area (Å²) >= 11 is 4.73. The highest BCUT2D eigenvalue weighted by molar-refractivity contribution is 9.10. The molecule has 9 heteroatoms. The van der Waals surface area contributed by atoms with E-state index in [0.717, 1.165) is 4.90 Å². The molecular formula is C12H13BrN4O2S2. The average Bonchev–Trinajstić information content (AvgIpc) is 2.47. The smallest absolute Gasteiger partial charge is 0.265 e. The van der Waals surface area contributed by atoms with E-state index in [1.807, 2.05) is 12.3 Å². The van der Waals surface area contributed by atoms with Crippen LogP contribution >= 0.6 is 27.7 Å². The predicted octanol–water partition coefficient (Wildman–Crippen LogP) is 2.65. The molecule has 0 aliphatic rings. The van der Waals surface area contributed by atoms with E-state index in [-0.39, 0.29) is 10.7 Å². The molecule has 0 bridgehead atoms. The number of nitrogens with zero attached hydrogens (tertiary/aromatic N) is 1. The minimum absolute atomic E-state index is 0.0334. The molecule has 0 unspecified atom stereocenters. The summed E-state index contributed by atoms with van der Waals surface area (Å²) < 4.78 is 28.0. The van der Waals surface area contributed by atoms with Crippen LogP contribution in [0.5, 0.6) is 0 Å². The van der Waals surface area contributed by atoms with Crippen LogP contribution in [0, 0.1) is 0 Å². The Balaban J connectivity index is 2.40. The summed E-state index contributed by atoms with van der Waals surface area (Å²) in [6.45, 7) is 0. The molecule has 21 heavy (non-hydrogen) atoms. The summed E-state index contributed by atoms with van der Waals surface area (Å²) in [6.07, 6.45) is 3.38. The maximum absolute atomic E-state index is 12.5. The van der Waals surface area contributed by atoms with E-state index in [4.69, 9.17) is 5.84 Å². The van der Waals surface area contributed by atoms with Crippen molar-refractivity contribution in [3.05, 3.63) is 41.0 Å². The first-order valence-corrected chi connectivity index (χ1v) is 9.25. The third-order valence-corrected chi connectivity index (χ3v) is 5.12. The normalized spacial score (nSPS) is 11.2. The first kappa shape index (κ1) is 16.1. The first-order valence-electron chi connectivity index (χ1n) is 5.75. The number of hydrogen-bond acceptors (Lipinski definition) is 6. The second-order valence-corrected chi connectivity index (χ2v) is 7.43. The summed E-state index contributed by atoms with van der Waals surface area (Å²) in [6, 6.07) is 8.55. The number of hydrogen-bond donors (Lipinski definition) is 3.